The van der Waals surface area contributed by atoms with Crippen LogP contribution < -0.4 is 15.3 Å². The molecule has 142 valence electrons. The second-order valence-electron chi connectivity index (χ2n) is 6.65. The van der Waals surface area contributed by atoms with Crippen molar-refractivity contribution in [3.05, 3.63) is 57.9 Å². The molecule has 0 unspecified atom stereocenters. The molecule has 4 rings (SSSR count). The van der Waals surface area contributed by atoms with Crippen molar-refractivity contribution in [1.82, 2.24) is 9.13 Å². The van der Waals surface area contributed by atoms with Gasteiger partial charge in [-0.1, -0.05) is 0 Å². The van der Waals surface area contributed by atoms with Crippen molar-refractivity contribution in [3.63, 3.8) is 0 Å². The Hall–Kier alpha value is -3.73. The molecule has 0 radical (unpaired) electrons. The maximum atomic E-state index is 14.7. The number of benzene rings is 2. The number of fused-ring (bicyclic) bond motifs is 3. The predicted molar refractivity (Wildman–Crippen MR) is 101 cm³/mol. The lowest BCUT2D eigenvalue weighted by Gasteiger charge is -2.29. The summed E-state index contributed by atoms with van der Waals surface area (Å²) >= 11 is 0. The number of methoxy groups -OCH3 is 1. The fraction of sp³-hybridized carbons (Fsp3) is 0.200. The molecule has 0 atom stereocenters. The Morgan fingerprint density at radius 3 is 2.61 bits per heavy atom. The smallest absolute Gasteiger partial charge is 0.333 e. The van der Waals surface area contributed by atoms with Gasteiger partial charge >= 0.3 is 5.69 Å². The number of phenols is 1. The number of anilines is 1. The third kappa shape index (κ3) is 2.36. The van der Waals surface area contributed by atoms with Crippen LogP contribution in [0.15, 0.2) is 35.1 Å². The quantitative estimate of drug-likeness (QED) is 0.739. The van der Waals surface area contributed by atoms with Gasteiger partial charge in [-0.3, -0.25) is 9.13 Å². The maximum Gasteiger partial charge on any atom is 0.333 e. The molecular formula is C20H17FN4O3. The molecule has 1 N–H and O–H groups in total. The Bertz CT molecular complexity index is 1220. The first kappa shape index (κ1) is 17.7. The van der Waals surface area contributed by atoms with Crippen LogP contribution in [0.5, 0.6) is 11.5 Å². The van der Waals surface area contributed by atoms with Crippen molar-refractivity contribution in [2.45, 2.75) is 6.54 Å². The minimum absolute atomic E-state index is 0.0478. The molecule has 28 heavy (non-hydrogen) atoms. The van der Waals surface area contributed by atoms with Gasteiger partial charge < -0.3 is 14.7 Å². The summed E-state index contributed by atoms with van der Waals surface area (Å²) < 4.78 is 22.7. The monoisotopic (exact) mass is 380 g/mol. The SMILES string of the molecule is COc1cc2c(cc1O)-c1c(n(C)c(=O)n1-c1ccc(C#N)cc1F)CN2C. The van der Waals surface area contributed by atoms with Gasteiger partial charge in [0.05, 0.1) is 48.0 Å². The molecule has 0 bridgehead atoms. The van der Waals surface area contributed by atoms with Crippen molar-refractivity contribution >= 4 is 5.69 Å². The van der Waals surface area contributed by atoms with Gasteiger partial charge in [0, 0.05) is 25.7 Å². The minimum atomic E-state index is -0.673. The van der Waals surface area contributed by atoms with E-state index in [-0.39, 0.29) is 17.0 Å². The van der Waals surface area contributed by atoms with Crippen LogP contribution in [0, 0.1) is 17.1 Å². The molecule has 0 saturated carbocycles. The highest BCUT2D eigenvalue weighted by Gasteiger charge is 2.30. The van der Waals surface area contributed by atoms with E-state index in [1.54, 1.807) is 13.1 Å². The average molecular weight is 380 g/mol. The van der Waals surface area contributed by atoms with Gasteiger partial charge in [0.25, 0.3) is 0 Å². The molecule has 1 aromatic heterocycles. The molecule has 0 saturated heterocycles. The van der Waals surface area contributed by atoms with E-state index in [0.29, 0.717) is 29.2 Å². The maximum absolute atomic E-state index is 14.7. The molecule has 8 heteroatoms. The van der Waals surface area contributed by atoms with E-state index in [9.17, 15) is 14.3 Å². The predicted octanol–water partition coefficient (Wildman–Crippen LogP) is 2.52. The number of hydrogen-bond acceptors (Lipinski definition) is 5. The van der Waals surface area contributed by atoms with Gasteiger partial charge in [-0.25, -0.2) is 9.18 Å². The molecule has 1 aliphatic rings. The Labute approximate surface area is 160 Å². The average Bonchev–Trinajstić information content (AvgIpc) is 2.92. The topological polar surface area (TPSA) is 83.4 Å². The molecular weight excluding hydrogens is 363 g/mol. The number of phenolic OH excluding ortho intramolecular Hbond substituents is 1. The lowest BCUT2D eigenvalue weighted by Crippen LogP contribution is -2.24. The van der Waals surface area contributed by atoms with Crippen LogP contribution >= 0.6 is 0 Å². The number of nitrogens with zero attached hydrogens (tertiary/aromatic N) is 4. The first-order valence-electron chi connectivity index (χ1n) is 8.50. The van der Waals surface area contributed by atoms with E-state index in [2.05, 4.69) is 0 Å². The summed E-state index contributed by atoms with van der Waals surface area (Å²) in [6.45, 7) is 0.424. The van der Waals surface area contributed by atoms with Gasteiger partial charge in [0.2, 0.25) is 0 Å². The minimum Gasteiger partial charge on any atom is -0.504 e. The largest absolute Gasteiger partial charge is 0.504 e. The Kier molecular flexibility index (Phi) is 3.89. The third-order valence-electron chi connectivity index (χ3n) is 5.05. The summed E-state index contributed by atoms with van der Waals surface area (Å²) in [6, 6.07) is 9.06. The zero-order chi connectivity index (χ0) is 20.2. The number of aromatic hydroxyl groups is 1. The zero-order valence-corrected chi connectivity index (χ0v) is 15.5. The van der Waals surface area contributed by atoms with Crippen LogP contribution in [-0.4, -0.2) is 28.4 Å². The number of ether oxygens (including phenoxy) is 1. The van der Waals surface area contributed by atoms with E-state index in [1.165, 1.54) is 34.4 Å². The van der Waals surface area contributed by atoms with E-state index < -0.39 is 11.5 Å². The molecule has 1 aliphatic heterocycles. The van der Waals surface area contributed by atoms with Crippen molar-refractivity contribution in [3.8, 4) is 34.5 Å². The van der Waals surface area contributed by atoms with Crippen LogP contribution in [0.25, 0.3) is 16.9 Å². The second kappa shape index (κ2) is 6.16. The van der Waals surface area contributed by atoms with Crippen LogP contribution in [-0.2, 0) is 13.6 Å². The highest BCUT2D eigenvalue weighted by molar-refractivity contribution is 5.84. The van der Waals surface area contributed by atoms with Crippen LogP contribution in [0.4, 0.5) is 10.1 Å². The molecule has 0 amide bonds. The number of hydrogen-bond donors (Lipinski definition) is 1. The summed E-state index contributed by atoms with van der Waals surface area (Å²) in [5.41, 5.74) is 2.33. The summed E-state index contributed by atoms with van der Waals surface area (Å²) in [5, 5.41) is 19.3. The van der Waals surface area contributed by atoms with E-state index in [1.807, 2.05) is 18.0 Å². The second-order valence-corrected chi connectivity index (χ2v) is 6.65. The van der Waals surface area contributed by atoms with Crippen molar-refractivity contribution < 1.29 is 14.2 Å². The zero-order valence-electron chi connectivity index (χ0n) is 15.5. The molecule has 2 aromatic carbocycles. The van der Waals surface area contributed by atoms with E-state index >= 15 is 0 Å². The molecule has 0 aliphatic carbocycles. The third-order valence-corrected chi connectivity index (χ3v) is 5.05. The number of nitriles is 1. The lowest BCUT2D eigenvalue weighted by molar-refractivity contribution is 0.373. The lowest BCUT2D eigenvalue weighted by atomic mass is 10.0. The highest BCUT2D eigenvalue weighted by Crippen LogP contribution is 2.44. The fourth-order valence-electron chi connectivity index (χ4n) is 3.62. The fourth-order valence-corrected chi connectivity index (χ4v) is 3.62. The van der Waals surface area contributed by atoms with Crippen molar-refractivity contribution in [1.29, 1.82) is 5.26 Å². The molecule has 0 fully saturated rings. The first-order valence-corrected chi connectivity index (χ1v) is 8.50. The summed E-state index contributed by atoms with van der Waals surface area (Å²) in [4.78, 5) is 14.9. The van der Waals surface area contributed by atoms with Gasteiger partial charge in [-0.05, 0) is 24.3 Å². The van der Waals surface area contributed by atoms with Gasteiger partial charge in [0.1, 0.15) is 5.82 Å². The number of imidazole rings is 1. The standard InChI is InChI=1S/C20H17FN4O3/c1-23-10-16-19(12-7-17(26)18(28-3)8-15(12)23)25(20(27)24(16)2)14-5-4-11(9-22)6-13(14)21/h4-8,26H,10H2,1-3H3. The number of halogens is 1. The normalized spacial score (nSPS) is 12.3. The Balaban J connectivity index is 2.07. The van der Waals surface area contributed by atoms with Gasteiger partial charge in [0.15, 0.2) is 11.5 Å². The Morgan fingerprint density at radius 2 is 1.96 bits per heavy atom. The van der Waals surface area contributed by atoms with Crippen LogP contribution in [0.1, 0.15) is 11.3 Å². The van der Waals surface area contributed by atoms with E-state index in [0.717, 1.165) is 11.8 Å². The number of rotatable bonds is 2. The van der Waals surface area contributed by atoms with Gasteiger partial charge in [-0.2, -0.15) is 5.26 Å². The summed E-state index contributed by atoms with van der Waals surface area (Å²) in [6.07, 6.45) is 0. The molecule has 2 heterocycles. The van der Waals surface area contributed by atoms with Crippen LogP contribution in [0.3, 0.4) is 0 Å². The first-order chi connectivity index (χ1) is 13.4. The summed E-state index contributed by atoms with van der Waals surface area (Å²) in [5.74, 6) is -0.443. The highest BCUT2D eigenvalue weighted by atomic mass is 19.1. The van der Waals surface area contributed by atoms with E-state index in [4.69, 9.17) is 10.00 Å². The van der Waals surface area contributed by atoms with Gasteiger partial charge in [-0.15, -0.1) is 0 Å². The molecule has 7 nitrogen and oxygen atoms in total. The Morgan fingerprint density at radius 1 is 1.21 bits per heavy atom. The van der Waals surface area contributed by atoms with Crippen molar-refractivity contribution in [2.24, 2.45) is 7.05 Å². The van der Waals surface area contributed by atoms with Crippen LogP contribution in [0.2, 0.25) is 0 Å². The summed E-state index contributed by atoms with van der Waals surface area (Å²) in [7, 11) is 4.95. The van der Waals surface area contributed by atoms with Crippen molar-refractivity contribution in [2.75, 3.05) is 19.1 Å². The molecule has 0 spiro atoms. The molecule has 3 aromatic rings. The number of aromatic nitrogens is 2.